The van der Waals surface area contributed by atoms with E-state index in [9.17, 15) is 8.42 Å². The molecule has 0 aromatic carbocycles. The largest absolute Gasteiger partial charge is 0.391 e. The van der Waals surface area contributed by atoms with Crippen LogP contribution >= 0.6 is 11.3 Å². The number of thiophene rings is 1. The molecule has 0 bridgehead atoms. The molecule has 0 fully saturated rings. The van der Waals surface area contributed by atoms with Gasteiger partial charge in [0.15, 0.2) is 0 Å². The highest BCUT2D eigenvalue weighted by Gasteiger charge is 2.18. The first kappa shape index (κ1) is 17.6. The van der Waals surface area contributed by atoms with Gasteiger partial charge in [-0.2, -0.15) is 0 Å². The molecule has 0 aliphatic heterocycles. The van der Waals surface area contributed by atoms with E-state index in [1.807, 2.05) is 0 Å². The minimum atomic E-state index is -3.47. The summed E-state index contributed by atoms with van der Waals surface area (Å²) in [5.41, 5.74) is 0. The molecule has 2 N–H and O–H groups in total. The second-order valence-electron chi connectivity index (χ2n) is 5.23. The van der Waals surface area contributed by atoms with Crippen molar-refractivity contribution in [2.24, 2.45) is 0 Å². The molecule has 20 heavy (non-hydrogen) atoms. The van der Waals surface area contributed by atoms with Crippen LogP contribution in [0.3, 0.4) is 0 Å². The molecular weight excluding hydrogens is 296 g/mol. The summed E-state index contributed by atoms with van der Waals surface area (Å²) in [7, 11) is -3.47. The summed E-state index contributed by atoms with van der Waals surface area (Å²) < 4.78 is 26.8. The van der Waals surface area contributed by atoms with Crippen LogP contribution in [0, 0.1) is 0 Å². The normalized spacial score (nSPS) is 12.8. The second-order valence-corrected chi connectivity index (χ2v) is 7.99. The Morgan fingerprint density at radius 2 is 1.90 bits per heavy atom. The van der Waals surface area contributed by atoms with Gasteiger partial charge >= 0.3 is 0 Å². The first-order chi connectivity index (χ1) is 9.27. The van der Waals surface area contributed by atoms with Crippen LogP contribution in [0.4, 0.5) is 0 Å². The highest BCUT2D eigenvalue weighted by Crippen LogP contribution is 2.18. The number of rotatable bonds is 8. The van der Waals surface area contributed by atoms with Gasteiger partial charge in [-0.3, -0.25) is 4.90 Å². The van der Waals surface area contributed by atoms with Crippen LogP contribution in [-0.2, 0) is 16.6 Å². The maximum Gasteiger partial charge on any atom is 0.241 e. The van der Waals surface area contributed by atoms with Gasteiger partial charge in [0.25, 0.3) is 0 Å². The van der Waals surface area contributed by atoms with Gasteiger partial charge in [0.2, 0.25) is 10.0 Å². The first-order valence-electron chi connectivity index (χ1n) is 6.71. The van der Waals surface area contributed by atoms with Gasteiger partial charge in [-0.15, -0.1) is 11.3 Å². The zero-order chi connectivity index (χ0) is 15.3. The molecule has 0 saturated heterocycles. The molecule has 116 valence electrons. The number of nitrogens with zero attached hydrogens (tertiary/aromatic N) is 1. The summed E-state index contributed by atoms with van der Waals surface area (Å²) >= 11 is 1.25. The van der Waals surface area contributed by atoms with Gasteiger partial charge in [-0.1, -0.05) is 0 Å². The molecular formula is C13H24N2O3S2. The minimum absolute atomic E-state index is 0.130. The molecule has 0 saturated carbocycles. The van der Waals surface area contributed by atoms with Crippen LogP contribution in [0.25, 0.3) is 0 Å². The number of aliphatic hydroxyl groups excluding tert-OH is 1. The van der Waals surface area contributed by atoms with E-state index >= 15 is 0 Å². The summed E-state index contributed by atoms with van der Waals surface area (Å²) in [6, 6.07) is 2.26. The molecule has 0 aliphatic rings. The molecule has 0 aliphatic carbocycles. The predicted octanol–water partition coefficient (Wildman–Crippen LogP) is 1.64. The molecule has 1 heterocycles. The van der Waals surface area contributed by atoms with Gasteiger partial charge in [-0.05, 0) is 33.8 Å². The quantitative estimate of drug-likeness (QED) is 0.764. The molecule has 1 rings (SSSR count). The molecule has 0 unspecified atom stereocenters. The zero-order valence-electron chi connectivity index (χ0n) is 12.5. The fourth-order valence-corrected chi connectivity index (χ4v) is 4.24. The van der Waals surface area contributed by atoms with Crippen molar-refractivity contribution < 1.29 is 13.5 Å². The van der Waals surface area contributed by atoms with Crippen LogP contribution in [0.15, 0.2) is 16.3 Å². The Balaban J connectivity index is 2.60. The molecule has 7 heteroatoms. The number of hydrogen-bond donors (Lipinski definition) is 2. The third-order valence-electron chi connectivity index (χ3n) is 3.08. The fraction of sp³-hybridized carbons (Fsp3) is 0.692. The maximum absolute atomic E-state index is 12.1. The molecule has 0 radical (unpaired) electrons. The first-order valence-corrected chi connectivity index (χ1v) is 9.08. The van der Waals surface area contributed by atoms with Crippen molar-refractivity contribution in [1.29, 1.82) is 0 Å². The van der Waals surface area contributed by atoms with Crippen LogP contribution < -0.4 is 4.72 Å². The van der Waals surface area contributed by atoms with Crippen molar-refractivity contribution in [2.45, 2.75) is 51.3 Å². The average molecular weight is 320 g/mol. The van der Waals surface area contributed by atoms with Crippen LogP contribution in [0.1, 0.15) is 32.6 Å². The van der Waals surface area contributed by atoms with E-state index < -0.39 is 10.0 Å². The minimum Gasteiger partial charge on any atom is -0.391 e. The van der Waals surface area contributed by atoms with E-state index in [4.69, 9.17) is 5.11 Å². The standard InChI is InChI=1S/C13H24N2O3S2/c1-10(2)15(11(3)4)6-5-14-20(17,18)13-7-12(8-16)19-9-13/h7,9-11,14,16H,5-6,8H2,1-4H3. The Morgan fingerprint density at radius 3 is 2.35 bits per heavy atom. The monoisotopic (exact) mass is 320 g/mol. The SMILES string of the molecule is CC(C)N(CCNS(=O)(=O)c1csc(CO)c1)C(C)C. The molecule has 0 atom stereocenters. The van der Waals surface area contributed by atoms with Gasteiger partial charge in [0.05, 0.1) is 11.5 Å². The lowest BCUT2D eigenvalue weighted by molar-refractivity contribution is 0.179. The Labute approximate surface area is 125 Å². The van der Waals surface area contributed by atoms with Crippen LogP contribution in [0.2, 0.25) is 0 Å². The third kappa shape index (κ3) is 4.82. The topological polar surface area (TPSA) is 69.6 Å². The van der Waals surface area contributed by atoms with Crippen molar-refractivity contribution in [2.75, 3.05) is 13.1 Å². The number of nitrogens with one attached hydrogen (secondary N) is 1. The van der Waals surface area contributed by atoms with E-state index in [0.717, 1.165) is 0 Å². The average Bonchev–Trinajstić information content (AvgIpc) is 2.83. The Bertz CT molecular complexity index is 501. The second kappa shape index (κ2) is 7.51. The lowest BCUT2D eigenvalue weighted by Crippen LogP contribution is -2.42. The molecule has 1 aromatic heterocycles. The number of aliphatic hydroxyl groups is 1. The summed E-state index contributed by atoms with van der Waals surface area (Å²) in [5, 5.41) is 10.5. The van der Waals surface area contributed by atoms with Crippen molar-refractivity contribution in [1.82, 2.24) is 9.62 Å². The smallest absolute Gasteiger partial charge is 0.241 e. The van der Waals surface area contributed by atoms with E-state index in [-0.39, 0.29) is 11.5 Å². The van der Waals surface area contributed by atoms with Crippen LogP contribution in [0.5, 0.6) is 0 Å². The van der Waals surface area contributed by atoms with Gasteiger partial charge in [0, 0.05) is 35.4 Å². The highest BCUT2D eigenvalue weighted by atomic mass is 32.2. The molecule has 5 nitrogen and oxygen atoms in total. The zero-order valence-corrected chi connectivity index (χ0v) is 14.1. The fourth-order valence-electron chi connectivity index (χ4n) is 2.09. The van der Waals surface area contributed by atoms with Gasteiger partial charge in [-0.25, -0.2) is 13.1 Å². The van der Waals surface area contributed by atoms with Crippen molar-refractivity contribution >= 4 is 21.4 Å². The number of hydrogen-bond acceptors (Lipinski definition) is 5. The van der Waals surface area contributed by atoms with Crippen molar-refractivity contribution in [3.05, 3.63) is 16.3 Å². The predicted molar refractivity (Wildman–Crippen MR) is 82.4 cm³/mol. The van der Waals surface area contributed by atoms with Crippen LogP contribution in [-0.4, -0.2) is 43.6 Å². The molecule has 1 aromatic rings. The summed E-state index contributed by atoms with van der Waals surface area (Å²) in [4.78, 5) is 3.11. The lowest BCUT2D eigenvalue weighted by Gasteiger charge is -2.30. The Morgan fingerprint density at radius 1 is 1.30 bits per heavy atom. The van der Waals surface area contributed by atoms with E-state index in [1.54, 1.807) is 5.38 Å². The third-order valence-corrected chi connectivity index (χ3v) is 5.60. The van der Waals surface area contributed by atoms with Crippen molar-refractivity contribution in [3.8, 4) is 0 Å². The number of sulfonamides is 1. The van der Waals surface area contributed by atoms with E-state index in [2.05, 4.69) is 37.3 Å². The Hall–Kier alpha value is -0.470. The lowest BCUT2D eigenvalue weighted by atomic mass is 10.2. The van der Waals surface area contributed by atoms with Crippen molar-refractivity contribution in [3.63, 3.8) is 0 Å². The van der Waals surface area contributed by atoms with Gasteiger partial charge in [0.1, 0.15) is 0 Å². The van der Waals surface area contributed by atoms with Gasteiger partial charge < -0.3 is 5.11 Å². The molecule has 0 amide bonds. The summed E-state index contributed by atoms with van der Waals surface area (Å²) in [6.07, 6.45) is 0. The summed E-state index contributed by atoms with van der Waals surface area (Å²) in [6.45, 7) is 9.31. The highest BCUT2D eigenvalue weighted by molar-refractivity contribution is 7.89. The summed E-state index contributed by atoms with van der Waals surface area (Å²) in [5.74, 6) is 0. The maximum atomic E-state index is 12.1. The van der Waals surface area contributed by atoms with E-state index in [1.165, 1.54) is 17.4 Å². The Kier molecular flexibility index (Phi) is 6.60. The molecule has 0 spiro atoms. The van der Waals surface area contributed by atoms with E-state index in [0.29, 0.717) is 30.1 Å².